The van der Waals surface area contributed by atoms with Gasteiger partial charge in [0.2, 0.25) is 5.76 Å². The van der Waals surface area contributed by atoms with Crippen LogP contribution >= 0.6 is 23.2 Å². The standard InChI is InChI=1S/C25H17Cl2NO4/c1-31-17-9-6-14(7-10-17)22-21-23(29)18-12-16(26)8-11-20(18)32-24(21)25(30)28(22)13-15-4-2-3-5-19(15)27/h2-12,22H,13H2,1H3. The van der Waals surface area contributed by atoms with Gasteiger partial charge in [0.1, 0.15) is 11.3 Å². The lowest BCUT2D eigenvalue weighted by atomic mass is 9.98. The van der Waals surface area contributed by atoms with Gasteiger partial charge in [0, 0.05) is 16.6 Å². The molecule has 0 N–H and O–H groups in total. The topological polar surface area (TPSA) is 59.8 Å². The van der Waals surface area contributed by atoms with Gasteiger partial charge in [-0.15, -0.1) is 0 Å². The van der Waals surface area contributed by atoms with Crippen LogP contribution in [0.4, 0.5) is 0 Å². The molecule has 0 aliphatic carbocycles. The largest absolute Gasteiger partial charge is 0.497 e. The minimum atomic E-state index is -0.640. The Hall–Kier alpha value is -3.28. The Morgan fingerprint density at radius 3 is 2.47 bits per heavy atom. The average Bonchev–Trinajstić information content (AvgIpc) is 3.08. The molecule has 5 nitrogen and oxygen atoms in total. The summed E-state index contributed by atoms with van der Waals surface area (Å²) in [5, 5.41) is 1.30. The molecule has 32 heavy (non-hydrogen) atoms. The van der Waals surface area contributed by atoms with Gasteiger partial charge in [0.05, 0.1) is 24.1 Å². The summed E-state index contributed by atoms with van der Waals surface area (Å²) in [5.41, 5.74) is 1.87. The van der Waals surface area contributed by atoms with Crippen LogP contribution in [0.2, 0.25) is 10.0 Å². The lowest BCUT2D eigenvalue weighted by molar-refractivity contribution is 0.0714. The molecule has 2 heterocycles. The van der Waals surface area contributed by atoms with Gasteiger partial charge in [-0.05, 0) is 47.5 Å². The fourth-order valence-electron chi connectivity index (χ4n) is 4.10. The predicted octanol–water partition coefficient (Wildman–Crippen LogP) is 5.85. The van der Waals surface area contributed by atoms with Gasteiger partial charge in [0.25, 0.3) is 5.91 Å². The van der Waals surface area contributed by atoms with Gasteiger partial charge >= 0.3 is 0 Å². The highest BCUT2D eigenvalue weighted by atomic mass is 35.5. The second-order valence-corrected chi connectivity index (χ2v) is 8.36. The first-order chi connectivity index (χ1) is 15.5. The number of carbonyl (C=O) groups is 1. The van der Waals surface area contributed by atoms with Crippen molar-refractivity contribution in [2.75, 3.05) is 7.11 Å². The molecule has 1 amide bonds. The Kier molecular flexibility index (Phi) is 5.16. The van der Waals surface area contributed by atoms with Crippen molar-refractivity contribution in [2.24, 2.45) is 0 Å². The fourth-order valence-corrected chi connectivity index (χ4v) is 4.47. The first kappa shape index (κ1) is 20.6. The third-order valence-corrected chi connectivity index (χ3v) is 6.26. The van der Waals surface area contributed by atoms with E-state index in [2.05, 4.69) is 0 Å². The molecule has 3 aromatic carbocycles. The first-order valence-corrected chi connectivity index (χ1v) is 10.7. The number of rotatable bonds is 4. The fraction of sp³-hybridized carbons (Fsp3) is 0.120. The number of carbonyl (C=O) groups excluding carboxylic acids is 1. The quantitative estimate of drug-likeness (QED) is 0.379. The maximum atomic E-state index is 13.5. The van der Waals surface area contributed by atoms with Gasteiger partial charge < -0.3 is 14.1 Å². The zero-order chi connectivity index (χ0) is 22.4. The van der Waals surface area contributed by atoms with E-state index in [1.807, 2.05) is 30.3 Å². The number of ether oxygens (including phenoxy) is 1. The SMILES string of the molecule is COc1ccc(C2c3c(oc4ccc(Cl)cc4c3=O)C(=O)N2Cc2ccccc2Cl)cc1. The predicted molar refractivity (Wildman–Crippen MR) is 124 cm³/mol. The molecular formula is C25H17Cl2NO4. The molecule has 1 atom stereocenters. The van der Waals surface area contributed by atoms with Crippen molar-refractivity contribution in [1.82, 2.24) is 4.90 Å². The lowest BCUT2D eigenvalue weighted by Gasteiger charge is -2.25. The Balaban J connectivity index is 1.73. The van der Waals surface area contributed by atoms with Crippen LogP contribution in [0.3, 0.4) is 0 Å². The third-order valence-electron chi connectivity index (χ3n) is 5.66. The van der Waals surface area contributed by atoms with E-state index >= 15 is 0 Å². The van der Waals surface area contributed by atoms with Crippen LogP contribution in [0.5, 0.6) is 5.75 Å². The van der Waals surface area contributed by atoms with Crippen molar-refractivity contribution in [3.63, 3.8) is 0 Å². The Bertz CT molecular complexity index is 1410. The van der Waals surface area contributed by atoms with Gasteiger partial charge in [-0.25, -0.2) is 0 Å². The third kappa shape index (κ3) is 3.34. The average molecular weight is 466 g/mol. The number of methoxy groups -OCH3 is 1. The highest BCUT2D eigenvalue weighted by Gasteiger charge is 2.42. The maximum absolute atomic E-state index is 13.5. The van der Waals surface area contributed by atoms with Crippen LogP contribution in [-0.2, 0) is 6.54 Å². The van der Waals surface area contributed by atoms with Crippen molar-refractivity contribution >= 4 is 40.1 Å². The highest BCUT2D eigenvalue weighted by molar-refractivity contribution is 6.31. The van der Waals surface area contributed by atoms with E-state index in [-0.39, 0.29) is 23.6 Å². The van der Waals surface area contributed by atoms with Gasteiger partial charge in [-0.1, -0.05) is 53.5 Å². The molecular weight excluding hydrogens is 449 g/mol. The summed E-state index contributed by atoms with van der Waals surface area (Å²) < 4.78 is 11.2. The first-order valence-electron chi connectivity index (χ1n) is 9.92. The number of hydrogen-bond acceptors (Lipinski definition) is 4. The normalized spacial score (nSPS) is 15.3. The zero-order valence-corrected chi connectivity index (χ0v) is 18.5. The van der Waals surface area contributed by atoms with Gasteiger partial charge in [-0.2, -0.15) is 0 Å². The van der Waals surface area contributed by atoms with Crippen molar-refractivity contribution in [1.29, 1.82) is 0 Å². The molecule has 1 aliphatic rings. The second kappa shape index (κ2) is 8.01. The Labute approximate surface area is 193 Å². The molecule has 160 valence electrons. The molecule has 4 aromatic rings. The molecule has 1 unspecified atom stereocenters. The van der Waals surface area contributed by atoms with Crippen LogP contribution in [0.25, 0.3) is 11.0 Å². The van der Waals surface area contributed by atoms with E-state index in [0.29, 0.717) is 32.3 Å². The zero-order valence-electron chi connectivity index (χ0n) is 17.0. The van der Waals surface area contributed by atoms with Gasteiger partial charge in [-0.3, -0.25) is 9.59 Å². The molecule has 0 radical (unpaired) electrons. The van der Waals surface area contributed by atoms with Crippen molar-refractivity contribution in [3.8, 4) is 5.75 Å². The number of halogens is 2. The molecule has 0 saturated heterocycles. The van der Waals surface area contributed by atoms with Crippen molar-refractivity contribution < 1.29 is 13.9 Å². The molecule has 0 spiro atoms. The summed E-state index contributed by atoms with van der Waals surface area (Å²) in [7, 11) is 1.58. The number of hydrogen-bond donors (Lipinski definition) is 0. The lowest BCUT2D eigenvalue weighted by Crippen LogP contribution is -2.29. The molecule has 0 bridgehead atoms. The maximum Gasteiger partial charge on any atom is 0.291 e. The molecule has 1 aliphatic heterocycles. The molecule has 1 aromatic heterocycles. The van der Waals surface area contributed by atoms with Crippen molar-refractivity contribution in [3.05, 3.63) is 109 Å². The van der Waals surface area contributed by atoms with Crippen LogP contribution in [-0.4, -0.2) is 17.9 Å². The molecule has 0 saturated carbocycles. The number of nitrogens with zero attached hydrogens (tertiary/aromatic N) is 1. The van der Waals surface area contributed by atoms with Crippen LogP contribution in [0.1, 0.15) is 33.3 Å². The summed E-state index contributed by atoms with van der Waals surface area (Å²) in [5.74, 6) is 0.348. The Morgan fingerprint density at radius 2 is 1.75 bits per heavy atom. The summed E-state index contributed by atoms with van der Waals surface area (Å²) in [4.78, 5) is 28.6. The highest BCUT2D eigenvalue weighted by Crippen LogP contribution is 2.40. The molecule has 0 fully saturated rings. The Morgan fingerprint density at radius 1 is 1.00 bits per heavy atom. The number of benzene rings is 3. The molecule has 5 rings (SSSR count). The summed E-state index contributed by atoms with van der Waals surface area (Å²) >= 11 is 12.5. The van der Waals surface area contributed by atoms with Crippen LogP contribution in [0, 0.1) is 0 Å². The second-order valence-electron chi connectivity index (χ2n) is 7.51. The van der Waals surface area contributed by atoms with E-state index in [1.165, 1.54) is 0 Å². The van der Waals surface area contributed by atoms with E-state index in [0.717, 1.165) is 11.1 Å². The van der Waals surface area contributed by atoms with Crippen molar-refractivity contribution in [2.45, 2.75) is 12.6 Å². The van der Waals surface area contributed by atoms with E-state index < -0.39 is 6.04 Å². The van der Waals surface area contributed by atoms with E-state index in [4.69, 9.17) is 32.4 Å². The van der Waals surface area contributed by atoms with E-state index in [9.17, 15) is 9.59 Å². The van der Waals surface area contributed by atoms with E-state index in [1.54, 1.807) is 48.4 Å². The van der Waals surface area contributed by atoms with Crippen LogP contribution < -0.4 is 10.2 Å². The van der Waals surface area contributed by atoms with Crippen LogP contribution in [0.15, 0.2) is 75.9 Å². The minimum absolute atomic E-state index is 0.0395. The number of fused-ring (bicyclic) bond motifs is 2. The smallest absolute Gasteiger partial charge is 0.291 e. The summed E-state index contributed by atoms with van der Waals surface area (Å²) in [6, 6.07) is 18.7. The monoisotopic (exact) mass is 465 g/mol. The summed E-state index contributed by atoms with van der Waals surface area (Å²) in [6.45, 7) is 0.218. The summed E-state index contributed by atoms with van der Waals surface area (Å²) in [6.07, 6.45) is 0. The molecule has 7 heteroatoms. The van der Waals surface area contributed by atoms with Gasteiger partial charge in [0.15, 0.2) is 5.43 Å². The number of amides is 1. The minimum Gasteiger partial charge on any atom is -0.497 e.